The Balaban J connectivity index is 1.93. The third-order valence-corrected chi connectivity index (χ3v) is 3.61. The molecule has 24 heavy (non-hydrogen) atoms. The molecule has 0 saturated heterocycles. The average Bonchev–Trinajstić information content (AvgIpc) is 2.63. The zero-order valence-electron chi connectivity index (χ0n) is 13.2. The van der Waals surface area contributed by atoms with Gasteiger partial charge in [-0.15, -0.1) is 0 Å². The van der Waals surface area contributed by atoms with E-state index in [2.05, 4.69) is 5.43 Å². The number of pyridine rings is 1. The second kappa shape index (κ2) is 6.83. The molecule has 0 aliphatic rings. The van der Waals surface area contributed by atoms with Gasteiger partial charge in [0.15, 0.2) is 0 Å². The van der Waals surface area contributed by atoms with Gasteiger partial charge in [-0.25, -0.2) is 0 Å². The van der Waals surface area contributed by atoms with Gasteiger partial charge in [0, 0.05) is 24.9 Å². The number of rotatable bonds is 4. The molecule has 5 nitrogen and oxygen atoms in total. The zero-order valence-corrected chi connectivity index (χ0v) is 13.2. The van der Waals surface area contributed by atoms with Crippen molar-refractivity contribution in [2.75, 3.05) is 5.01 Å². The van der Waals surface area contributed by atoms with Crippen molar-refractivity contribution in [3.63, 3.8) is 0 Å². The van der Waals surface area contributed by atoms with Crippen molar-refractivity contribution in [3.8, 4) is 0 Å². The second-order valence-electron chi connectivity index (χ2n) is 5.31. The summed E-state index contributed by atoms with van der Waals surface area (Å²) in [6.07, 6.45) is 1.58. The molecule has 3 aromatic rings. The number of amides is 1. The van der Waals surface area contributed by atoms with Crippen molar-refractivity contribution in [2.45, 2.75) is 0 Å². The maximum absolute atomic E-state index is 12.6. The van der Waals surface area contributed by atoms with E-state index in [-0.39, 0.29) is 11.5 Å². The normalized spacial score (nSPS) is 10.2. The van der Waals surface area contributed by atoms with Gasteiger partial charge in [0.25, 0.3) is 11.5 Å². The fourth-order valence-corrected chi connectivity index (χ4v) is 2.29. The summed E-state index contributed by atoms with van der Waals surface area (Å²) in [5.74, 6) is -0.347. The highest BCUT2D eigenvalue weighted by Gasteiger charge is 2.14. The fourth-order valence-electron chi connectivity index (χ4n) is 2.29. The number of carbonyl (C=O) groups is 1. The lowest BCUT2D eigenvalue weighted by Gasteiger charge is -2.25. The first-order valence-corrected chi connectivity index (χ1v) is 7.53. The smallest absolute Gasteiger partial charge is 0.270 e. The van der Waals surface area contributed by atoms with Crippen molar-refractivity contribution in [2.24, 2.45) is 7.05 Å². The minimum atomic E-state index is -0.347. The van der Waals surface area contributed by atoms with Gasteiger partial charge in [0.1, 0.15) is 0 Å². The van der Waals surface area contributed by atoms with Gasteiger partial charge in [-0.05, 0) is 30.3 Å². The van der Waals surface area contributed by atoms with Crippen LogP contribution < -0.4 is 16.0 Å². The lowest BCUT2D eigenvalue weighted by Crippen LogP contribution is -2.39. The topological polar surface area (TPSA) is 54.3 Å². The van der Waals surface area contributed by atoms with Crippen LogP contribution in [0.5, 0.6) is 0 Å². The molecule has 1 N–H and O–H groups in total. The lowest BCUT2D eigenvalue weighted by molar-refractivity contribution is 0.0953. The molecule has 0 spiro atoms. The number of nitrogens with zero attached hydrogens (tertiary/aromatic N) is 2. The van der Waals surface area contributed by atoms with E-state index in [1.165, 1.54) is 10.6 Å². The third-order valence-electron chi connectivity index (χ3n) is 3.61. The van der Waals surface area contributed by atoms with Crippen LogP contribution >= 0.6 is 0 Å². The highest BCUT2D eigenvalue weighted by molar-refractivity contribution is 5.95. The summed E-state index contributed by atoms with van der Waals surface area (Å²) in [6, 6.07) is 22.0. The summed E-state index contributed by atoms with van der Waals surface area (Å²) in [5.41, 5.74) is 4.59. The van der Waals surface area contributed by atoms with Gasteiger partial charge in [-0.2, -0.15) is 0 Å². The first kappa shape index (κ1) is 15.6. The van der Waals surface area contributed by atoms with E-state index in [0.29, 0.717) is 5.56 Å². The van der Waals surface area contributed by atoms with E-state index in [4.69, 9.17) is 0 Å². The van der Waals surface area contributed by atoms with Gasteiger partial charge in [-0.1, -0.05) is 36.4 Å². The van der Waals surface area contributed by atoms with Crippen LogP contribution in [0.15, 0.2) is 83.8 Å². The number of hydrogen-bond donors (Lipinski definition) is 1. The minimum Gasteiger partial charge on any atom is -0.319 e. The van der Waals surface area contributed by atoms with Gasteiger partial charge < -0.3 is 4.57 Å². The van der Waals surface area contributed by atoms with Crippen LogP contribution in [-0.2, 0) is 7.05 Å². The number of hydrazine groups is 1. The molecule has 2 aromatic carbocycles. The number of para-hydroxylation sites is 2. The largest absolute Gasteiger partial charge is 0.319 e. The Morgan fingerprint density at radius 1 is 0.917 bits per heavy atom. The highest BCUT2D eigenvalue weighted by atomic mass is 16.2. The SMILES string of the molecule is Cn1ccc(C(=O)NN(c2ccccc2)c2ccccc2)cc1=O. The third kappa shape index (κ3) is 3.35. The highest BCUT2D eigenvalue weighted by Crippen LogP contribution is 2.22. The number of aromatic nitrogens is 1. The van der Waals surface area contributed by atoms with Crippen LogP contribution in [0.25, 0.3) is 0 Å². The molecule has 0 saturated carbocycles. The van der Waals surface area contributed by atoms with Crippen molar-refractivity contribution in [1.29, 1.82) is 0 Å². The number of benzene rings is 2. The van der Waals surface area contributed by atoms with Crippen LogP contribution in [0.1, 0.15) is 10.4 Å². The minimum absolute atomic E-state index is 0.228. The molecule has 3 rings (SSSR count). The Morgan fingerprint density at radius 2 is 1.46 bits per heavy atom. The fraction of sp³-hybridized carbons (Fsp3) is 0.0526. The molecule has 0 fully saturated rings. The maximum Gasteiger partial charge on any atom is 0.270 e. The van der Waals surface area contributed by atoms with Gasteiger partial charge in [-0.3, -0.25) is 20.0 Å². The Kier molecular flexibility index (Phi) is 4.43. The van der Waals surface area contributed by atoms with Crippen LogP contribution in [0, 0.1) is 0 Å². The van der Waals surface area contributed by atoms with Crippen molar-refractivity contribution >= 4 is 17.3 Å². The van der Waals surface area contributed by atoms with Gasteiger partial charge >= 0.3 is 0 Å². The summed E-state index contributed by atoms with van der Waals surface area (Å²) in [7, 11) is 1.64. The first-order chi connectivity index (χ1) is 11.6. The van der Waals surface area contributed by atoms with Crippen LogP contribution in [0.2, 0.25) is 0 Å². The van der Waals surface area contributed by atoms with E-state index in [1.807, 2.05) is 60.7 Å². The van der Waals surface area contributed by atoms with E-state index < -0.39 is 0 Å². The molecular formula is C19H17N3O2. The van der Waals surface area contributed by atoms with Crippen LogP contribution in [0.4, 0.5) is 11.4 Å². The average molecular weight is 319 g/mol. The summed E-state index contributed by atoms with van der Waals surface area (Å²) in [4.78, 5) is 24.3. The van der Waals surface area contributed by atoms with E-state index >= 15 is 0 Å². The lowest BCUT2D eigenvalue weighted by atomic mass is 10.2. The Labute approximate surface area is 139 Å². The second-order valence-corrected chi connectivity index (χ2v) is 5.31. The molecule has 0 atom stereocenters. The molecule has 120 valence electrons. The van der Waals surface area contributed by atoms with Gasteiger partial charge in [0.2, 0.25) is 0 Å². The maximum atomic E-state index is 12.6. The molecule has 1 aromatic heterocycles. The van der Waals surface area contributed by atoms with Crippen molar-refractivity contribution in [3.05, 3.63) is 94.9 Å². The van der Waals surface area contributed by atoms with Crippen LogP contribution in [-0.4, -0.2) is 10.5 Å². The molecule has 0 aliphatic heterocycles. The Hall–Kier alpha value is -3.34. The standard InChI is InChI=1S/C19H17N3O2/c1-21-13-12-15(14-18(21)23)19(24)20-22(16-8-4-2-5-9-16)17-10-6-3-7-11-17/h2-14H,1H3,(H,20,24). The summed E-state index contributed by atoms with van der Waals surface area (Å²) >= 11 is 0. The number of hydrogen-bond acceptors (Lipinski definition) is 3. The van der Waals surface area contributed by atoms with E-state index in [1.54, 1.807) is 24.3 Å². The molecule has 5 heteroatoms. The number of nitrogens with one attached hydrogen (secondary N) is 1. The summed E-state index contributed by atoms with van der Waals surface area (Å²) < 4.78 is 1.42. The zero-order chi connectivity index (χ0) is 16.9. The van der Waals surface area contributed by atoms with E-state index in [9.17, 15) is 9.59 Å². The molecular weight excluding hydrogens is 302 g/mol. The predicted octanol–water partition coefficient (Wildman–Crippen LogP) is 2.87. The van der Waals surface area contributed by atoms with E-state index in [0.717, 1.165) is 11.4 Å². The summed E-state index contributed by atoms with van der Waals surface area (Å²) in [6.45, 7) is 0. The number of anilines is 2. The van der Waals surface area contributed by atoms with Crippen molar-refractivity contribution in [1.82, 2.24) is 9.99 Å². The monoisotopic (exact) mass is 319 g/mol. The van der Waals surface area contributed by atoms with Gasteiger partial charge in [0.05, 0.1) is 11.4 Å². The number of carbonyl (C=O) groups excluding carboxylic acids is 1. The number of aryl methyl sites for hydroxylation is 1. The summed E-state index contributed by atoms with van der Waals surface area (Å²) in [5, 5.41) is 1.69. The molecule has 0 aliphatic carbocycles. The molecule has 1 amide bonds. The first-order valence-electron chi connectivity index (χ1n) is 7.53. The molecule has 0 bridgehead atoms. The molecule has 0 unspecified atom stereocenters. The Bertz CT molecular complexity index is 850. The molecule has 0 radical (unpaired) electrons. The Morgan fingerprint density at radius 3 is 1.96 bits per heavy atom. The van der Waals surface area contributed by atoms with Crippen molar-refractivity contribution < 1.29 is 4.79 Å². The predicted molar refractivity (Wildman–Crippen MR) is 94.2 cm³/mol. The quantitative estimate of drug-likeness (QED) is 0.752. The van der Waals surface area contributed by atoms with Crippen LogP contribution in [0.3, 0.4) is 0 Å². The molecule has 1 heterocycles.